The van der Waals surface area contributed by atoms with Crippen molar-refractivity contribution in [2.24, 2.45) is 4.99 Å². The van der Waals surface area contributed by atoms with Crippen LogP contribution < -0.4 is 5.32 Å². The molecule has 0 aliphatic carbocycles. The minimum Gasteiger partial charge on any atom is -0.359 e. The monoisotopic (exact) mass is 339 g/mol. The zero-order valence-corrected chi connectivity index (χ0v) is 12.5. The third-order valence-electron chi connectivity index (χ3n) is 2.07. The summed E-state index contributed by atoms with van der Waals surface area (Å²) in [6, 6.07) is 4.26. The summed E-state index contributed by atoms with van der Waals surface area (Å²) in [5, 5.41) is 5.17. The van der Waals surface area contributed by atoms with Crippen LogP contribution in [0.5, 0.6) is 0 Å². The first-order valence-corrected chi connectivity index (χ1v) is 5.54. The Morgan fingerprint density at radius 2 is 2.33 bits per heavy atom. The number of likely N-dealkylation sites (N-methyl/N-ethyl adjacent to an activating group) is 1. The highest BCUT2D eigenvalue weighted by molar-refractivity contribution is 14.0. The van der Waals surface area contributed by atoms with Crippen LogP contribution in [-0.2, 0) is 6.42 Å². The zero-order valence-electron chi connectivity index (χ0n) is 9.36. The molecule has 3 nitrogen and oxygen atoms in total. The Balaban J connectivity index is 0.00000196. The number of aliphatic imine (C=N–C) groups is 1. The molecule has 0 aliphatic rings. The number of thiophene rings is 1. The number of rotatable bonds is 3. The zero-order chi connectivity index (χ0) is 10.4. The van der Waals surface area contributed by atoms with Gasteiger partial charge < -0.3 is 10.2 Å². The Hall–Kier alpha value is -0.300. The second kappa shape index (κ2) is 7.92. The van der Waals surface area contributed by atoms with Crippen LogP contribution in [0.2, 0.25) is 0 Å². The van der Waals surface area contributed by atoms with Crippen LogP contribution in [0.25, 0.3) is 0 Å². The van der Waals surface area contributed by atoms with E-state index in [9.17, 15) is 0 Å². The minimum absolute atomic E-state index is 0. The van der Waals surface area contributed by atoms with Crippen molar-refractivity contribution in [3.63, 3.8) is 0 Å². The molecule has 0 fully saturated rings. The molecule has 0 radical (unpaired) electrons. The van der Waals surface area contributed by atoms with E-state index in [-0.39, 0.29) is 24.0 Å². The molecule has 5 heteroatoms. The fourth-order valence-electron chi connectivity index (χ4n) is 1.31. The van der Waals surface area contributed by atoms with Crippen molar-refractivity contribution in [2.45, 2.75) is 6.42 Å². The van der Waals surface area contributed by atoms with E-state index in [1.165, 1.54) is 4.88 Å². The molecule has 0 amide bonds. The van der Waals surface area contributed by atoms with Gasteiger partial charge in [-0.1, -0.05) is 6.07 Å². The van der Waals surface area contributed by atoms with Crippen LogP contribution >= 0.6 is 35.3 Å². The Labute approximate surface area is 113 Å². The van der Waals surface area contributed by atoms with Gasteiger partial charge in [-0.3, -0.25) is 4.99 Å². The topological polar surface area (TPSA) is 27.6 Å². The van der Waals surface area contributed by atoms with Crippen LogP contribution in [0.3, 0.4) is 0 Å². The van der Waals surface area contributed by atoms with Gasteiger partial charge >= 0.3 is 0 Å². The molecule has 86 valence electrons. The number of nitrogens with zero attached hydrogens (tertiary/aromatic N) is 2. The van der Waals surface area contributed by atoms with Gasteiger partial charge in [0.05, 0.1) is 0 Å². The van der Waals surface area contributed by atoms with Crippen LogP contribution in [-0.4, -0.2) is 38.5 Å². The Morgan fingerprint density at radius 1 is 1.60 bits per heavy atom. The maximum absolute atomic E-state index is 4.14. The molecule has 1 heterocycles. The van der Waals surface area contributed by atoms with Crippen molar-refractivity contribution in [2.75, 3.05) is 27.7 Å². The molecule has 0 atom stereocenters. The third-order valence-corrected chi connectivity index (χ3v) is 3.01. The standard InChI is InChI=1S/C10H17N3S.HI/c1-11-10(12-2)13(3)7-6-9-5-4-8-14-9;/h4-5,8H,6-7H2,1-3H3,(H,11,12);1H. The van der Waals surface area contributed by atoms with Crippen LogP contribution in [0.1, 0.15) is 4.88 Å². The molecule has 0 spiro atoms. The Kier molecular flexibility index (Phi) is 7.76. The SMILES string of the molecule is CN=C(NC)N(C)CCc1cccs1.I. The first kappa shape index (κ1) is 14.7. The number of guanidine groups is 1. The quantitative estimate of drug-likeness (QED) is 0.519. The van der Waals surface area contributed by atoms with Crippen LogP contribution in [0.15, 0.2) is 22.5 Å². The minimum atomic E-state index is 0. The van der Waals surface area contributed by atoms with Crippen molar-refractivity contribution < 1.29 is 0 Å². The maximum Gasteiger partial charge on any atom is 0.193 e. The normalized spacial score (nSPS) is 10.7. The fourth-order valence-corrected chi connectivity index (χ4v) is 2.01. The maximum atomic E-state index is 4.14. The summed E-state index contributed by atoms with van der Waals surface area (Å²) in [6.45, 7) is 0.994. The van der Waals surface area contributed by atoms with Gasteiger partial charge in [0.15, 0.2) is 5.96 Å². The second-order valence-electron chi connectivity index (χ2n) is 3.05. The highest BCUT2D eigenvalue weighted by Crippen LogP contribution is 2.09. The summed E-state index contributed by atoms with van der Waals surface area (Å²) in [5.74, 6) is 0.932. The lowest BCUT2D eigenvalue weighted by Crippen LogP contribution is -2.37. The summed E-state index contributed by atoms with van der Waals surface area (Å²) in [5.41, 5.74) is 0. The van der Waals surface area contributed by atoms with Gasteiger partial charge in [-0.2, -0.15) is 0 Å². The number of nitrogens with one attached hydrogen (secondary N) is 1. The van der Waals surface area contributed by atoms with E-state index in [0.717, 1.165) is 18.9 Å². The molecule has 1 rings (SSSR count). The molecule has 0 bridgehead atoms. The molecule has 0 aliphatic heterocycles. The van der Waals surface area contributed by atoms with Gasteiger partial charge in [-0.05, 0) is 17.9 Å². The lowest BCUT2D eigenvalue weighted by atomic mass is 10.3. The van der Waals surface area contributed by atoms with Crippen molar-refractivity contribution in [1.82, 2.24) is 10.2 Å². The molecule has 0 unspecified atom stereocenters. The predicted molar refractivity (Wildman–Crippen MR) is 78.5 cm³/mol. The lowest BCUT2D eigenvalue weighted by Gasteiger charge is -2.19. The summed E-state index contributed by atoms with van der Waals surface area (Å²) in [4.78, 5) is 7.69. The van der Waals surface area contributed by atoms with E-state index < -0.39 is 0 Å². The first-order valence-electron chi connectivity index (χ1n) is 4.66. The van der Waals surface area contributed by atoms with Crippen LogP contribution in [0.4, 0.5) is 0 Å². The third kappa shape index (κ3) is 4.83. The largest absolute Gasteiger partial charge is 0.359 e. The van der Waals surface area contributed by atoms with Gasteiger partial charge in [0.25, 0.3) is 0 Å². The highest BCUT2D eigenvalue weighted by Gasteiger charge is 2.03. The van der Waals surface area contributed by atoms with E-state index >= 15 is 0 Å². The molecular formula is C10H18IN3S. The smallest absolute Gasteiger partial charge is 0.193 e. The summed E-state index contributed by atoms with van der Waals surface area (Å²) in [6.07, 6.45) is 1.08. The fraction of sp³-hybridized carbons (Fsp3) is 0.500. The number of hydrogen-bond donors (Lipinski definition) is 1. The van der Waals surface area contributed by atoms with Gasteiger partial charge in [-0.15, -0.1) is 35.3 Å². The van der Waals surface area contributed by atoms with E-state index in [2.05, 4.69) is 32.7 Å². The molecule has 0 saturated carbocycles. The Morgan fingerprint density at radius 3 is 2.80 bits per heavy atom. The molecular weight excluding hydrogens is 321 g/mol. The highest BCUT2D eigenvalue weighted by atomic mass is 127. The summed E-state index contributed by atoms with van der Waals surface area (Å²) < 4.78 is 0. The van der Waals surface area contributed by atoms with Gasteiger partial charge in [0, 0.05) is 32.6 Å². The molecule has 0 saturated heterocycles. The van der Waals surface area contributed by atoms with Crippen molar-refractivity contribution in [3.8, 4) is 0 Å². The predicted octanol–water partition coefficient (Wildman–Crippen LogP) is 2.05. The van der Waals surface area contributed by atoms with Gasteiger partial charge in [0.2, 0.25) is 0 Å². The first-order chi connectivity index (χ1) is 6.77. The molecule has 15 heavy (non-hydrogen) atoms. The van der Waals surface area contributed by atoms with Crippen molar-refractivity contribution in [3.05, 3.63) is 22.4 Å². The average Bonchev–Trinajstić information content (AvgIpc) is 2.69. The second-order valence-corrected chi connectivity index (χ2v) is 4.08. The number of hydrogen-bond acceptors (Lipinski definition) is 2. The molecule has 0 aromatic carbocycles. The lowest BCUT2D eigenvalue weighted by molar-refractivity contribution is 0.493. The Bertz CT molecular complexity index is 285. The van der Waals surface area contributed by atoms with E-state index in [4.69, 9.17) is 0 Å². The van der Waals surface area contributed by atoms with Crippen molar-refractivity contribution >= 4 is 41.3 Å². The van der Waals surface area contributed by atoms with E-state index in [1.54, 1.807) is 18.4 Å². The van der Waals surface area contributed by atoms with Gasteiger partial charge in [-0.25, -0.2) is 0 Å². The van der Waals surface area contributed by atoms with Crippen molar-refractivity contribution in [1.29, 1.82) is 0 Å². The van der Waals surface area contributed by atoms with Gasteiger partial charge in [0.1, 0.15) is 0 Å². The summed E-state index contributed by atoms with van der Waals surface area (Å²) in [7, 11) is 5.74. The molecule has 1 aromatic rings. The number of halogens is 1. The van der Waals surface area contributed by atoms with E-state index in [1.807, 2.05) is 14.1 Å². The molecule has 1 aromatic heterocycles. The van der Waals surface area contributed by atoms with Crippen LogP contribution in [0, 0.1) is 0 Å². The van der Waals surface area contributed by atoms with E-state index in [0.29, 0.717) is 0 Å². The summed E-state index contributed by atoms with van der Waals surface area (Å²) >= 11 is 1.80. The molecule has 1 N–H and O–H groups in total. The average molecular weight is 339 g/mol.